The summed E-state index contributed by atoms with van der Waals surface area (Å²) in [5.74, 6) is 0.478. The highest BCUT2D eigenvalue weighted by Crippen LogP contribution is 2.40. The number of esters is 1. The summed E-state index contributed by atoms with van der Waals surface area (Å²) in [5.41, 5.74) is 2.88. The van der Waals surface area contributed by atoms with Crippen molar-refractivity contribution in [3.05, 3.63) is 119 Å². The fraction of sp³-hybridized carbons (Fsp3) is 0.242. The van der Waals surface area contributed by atoms with Crippen LogP contribution >= 0.6 is 11.3 Å². The van der Waals surface area contributed by atoms with E-state index in [1.807, 2.05) is 30.3 Å². The zero-order valence-corrected chi connectivity index (χ0v) is 25.1. The van der Waals surface area contributed by atoms with Gasteiger partial charge >= 0.3 is 5.97 Å². The average molecular weight is 625 g/mol. The third-order valence-corrected chi connectivity index (χ3v) is 9.02. The number of anilines is 1. The first-order valence-corrected chi connectivity index (χ1v) is 15.5. The van der Waals surface area contributed by atoms with Gasteiger partial charge < -0.3 is 19.1 Å². The van der Waals surface area contributed by atoms with Crippen molar-refractivity contribution in [3.63, 3.8) is 0 Å². The maximum Gasteiger partial charge on any atom is 0.338 e. The number of nitro benzene ring substituents is 1. The Bertz CT molecular complexity index is 2050. The van der Waals surface area contributed by atoms with Crippen LogP contribution in [0.4, 0.5) is 11.4 Å². The van der Waals surface area contributed by atoms with Crippen molar-refractivity contribution in [1.29, 1.82) is 0 Å². The summed E-state index contributed by atoms with van der Waals surface area (Å²) >= 11 is 1.17. The van der Waals surface area contributed by atoms with Crippen molar-refractivity contribution < 1.29 is 23.9 Å². The van der Waals surface area contributed by atoms with E-state index in [1.54, 1.807) is 37.3 Å². The summed E-state index contributed by atoms with van der Waals surface area (Å²) in [6.07, 6.45) is 3.73. The summed E-state index contributed by atoms with van der Waals surface area (Å²) in [6, 6.07) is 18.5. The molecule has 1 aromatic heterocycles. The van der Waals surface area contributed by atoms with Gasteiger partial charge in [0.15, 0.2) is 16.3 Å². The molecule has 0 spiro atoms. The van der Waals surface area contributed by atoms with E-state index in [1.165, 1.54) is 28.0 Å². The predicted octanol–water partition coefficient (Wildman–Crippen LogP) is 4.17. The maximum atomic E-state index is 14.4. The molecule has 1 unspecified atom stereocenters. The summed E-state index contributed by atoms with van der Waals surface area (Å²) < 4.78 is 18.5. The van der Waals surface area contributed by atoms with Crippen LogP contribution in [0.3, 0.4) is 0 Å². The lowest BCUT2D eigenvalue weighted by atomic mass is 9.93. The summed E-state index contributed by atoms with van der Waals surface area (Å²) in [4.78, 5) is 46.8. The number of non-ortho nitro benzene ring substituents is 1. The monoisotopic (exact) mass is 624 g/mol. The number of nitro groups is 1. The van der Waals surface area contributed by atoms with Gasteiger partial charge in [-0.1, -0.05) is 47.7 Å². The van der Waals surface area contributed by atoms with Gasteiger partial charge in [0.1, 0.15) is 0 Å². The highest BCUT2D eigenvalue weighted by atomic mass is 32.1. The summed E-state index contributed by atoms with van der Waals surface area (Å²) in [6.45, 7) is 3.58. The minimum Gasteiger partial charge on any atom is -0.463 e. The molecule has 11 nitrogen and oxygen atoms in total. The van der Waals surface area contributed by atoms with Crippen molar-refractivity contribution in [2.45, 2.75) is 25.8 Å². The minimum atomic E-state index is -0.893. The first kappa shape index (κ1) is 28.5. The molecule has 0 saturated carbocycles. The standard InChI is InChI=1S/C33H28N4O7S/c1-2-42-32(39)28-29(20-8-4-3-5-9-20)34-33-36(30(28)21-10-13-25-26(17-21)44-19-43-25)31(38)27(45-33)18-22-16-23(37(40)41)11-12-24(22)35-14-6-7-15-35/h3-5,8-13,16-18,30H,2,6-7,14-15,19H2,1H3. The van der Waals surface area contributed by atoms with Crippen LogP contribution in [0.1, 0.15) is 42.5 Å². The first-order chi connectivity index (χ1) is 21.9. The van der Waals surface area contributed by atoms with E-state index >= 15 is 0 Å². The lowest BCUT2D eigenvalue weighted by molar-refractivity contribution is -0.384. The molecule has 0 radical (unpaired) electrons. The Kier molecular flexibility index (Phi) is 7.42. The van der Waals surface area contributed by atoms with Crippen molar-refractivity contribution in [2.24, 2.45) is 4.99 Å². The normalized spacial score (nSPS) is 17.3. The topological polar surface area (TPSA) is 126 Å². The van der Waals surface area contributed by atoms with Crippen molar-refractivity contribution in [2.75, 3.05) is 31.4 Å². The highest BCUT2D eigenvalue weighted by molar-refractivity contribution is 7.07. The van der Waals surface area contributed by atoms with E-state index < -0.39 is 16.9 Å². The van der Waals surface area contributed by atoms with Crippen molar-refractivity contribution >= 4 is 40.5 Å². The number of hydrogen-bond donors (Lipinski definition) is 0. The van der Waals surface area contributed by atoms with Gasteiger partial charge in [-0.3, -0.25) is 19.5 Å². The SMILES string of the molecule is CCOC(=O)C1=C(c2ccccc2)N=c2sc(=Cc3cc([N+](=O)[O-])ccc3N3CCCC3)c(=O)n2C1c1ccc2c(c1)OCO2. The second-order valence-electron chi connectivity index (χ2n) is 10.7. The Morgan fingerprint density at radius 3 is 2.62 bits per heavy atom. The third kappa shape index (κ3) is 5.16. The average Bonchev–Trinajstić information content (AvgIpc) is 3.82. The quantitative estimate of drug-likeness (QED) is 0.170. The number of nitrogens with zero attached hydrogens (tertiary/aromatic N) is 4. The van der Waals surface area contributed by atoms with Gasteiger partial charge in [0.25, 0.3) is 11.2 Å². The summed E-state index contributed by atoms with van der Waals surface area (Å²) in [5, 5.41) is 11.7. The Balaban J connectivity index is 1.49. The molecule has 3 aromatic carbocycles. The van der Waals surface area contributed by atoms with Crippen LogP contribution in [0.2, 0.25) is 0 Å². The van der Waals surface area contributed by atoms with Gasteiger partial charge in [0, 0.05) is 42.0 Å². The van der Waals surface area contributed by atoms with Crippen LogP contribution in [-0.2, 0) is 9.53 Å². The van der Waals surface area contributed by atoms with E-state index in [-0.39, 0.29) is 30.2 Å². The fourth-order valence-electron chi connectivity index (χ4n) is 6.00. The lowest BCUT2D eigenvalue weighted by Gasteiger charge is -2.26. The highest BCUT2D eigenvalue weighted by Gasteiger charge is 2.36. The lowest BCUT2D eigenvalue weighted by Crippen LogP contribution is -2.40. The van der Waals surface area contributed by atoms with Crippen LogP contribution in [0, 0.1) is 10.1 Å². The van der Waals surface area contributed by atoms with Crippen LogP contribution in [0.15, 0.2) is 82.1 Å². The van der Waals surface area contributed by atoms with Crippen LogP contribution < -0.4 is 29.3 Å². The Labute approximate surface area is 261 Å². The molecule has 0 aliphatic carbocycles. The van der Waals surface area contributed by atoms with E-state index in [4.69, 9.17) is 19.2 Å². The second-order valence-corrected chi connectivity index (χ2v) is 11.7. The molecule has 0 bridgehead atoms. The van der Waals surface area contributed by atoms with E-state index in [0.717, 1.165) is 31.6 Å². The number of carbonyl (C=O) groups excluding carboxylic acids is 1. The van der Waals surface area contributed by atoms with E-state index in [2.05, 4.69) is 4.90 Å². The molecular formula is C33H28N4O7S. The van der Waals surface area contributed by atoms with E-state index in [9.17, 15) is 19.7 Å². The summed E-state index contributed by atoms with van der Waals surface area (Å²) in [7, 11) is 0. The van der Waals surface area contributed by atoms with Gasteiger partial charge in [-0.2, -0.15) is 0 Å². The van der Waals surface area contributed by atoms with Crippen LogP contribution in [0.25, 0.3) is 11.8 Å². The number of carbonyl (C=O) groups is 1. The molecule has 228 valence electrons. The number of fused-ring (bicyclic) bond motifs is 2. The van der Waals surface area contributed by atoms with Gasteiger partial charge in [-0.05, 0) is 49.6 Å². The molecule has 4 heterocycles. The molecule has 1 atom stereocenters. The zero-order valence-electron chi connectivity index (χ0n) is 24.3. The molecule has 12 heteroatoms. The number of ether oxygens (including phenoxy) is 3. The Hall–Kier alpha value is -5.23. The molecule has 4 aromatic rings. The van der Waals surface area contributed by atoms with Gasteiger partial charge in [-0.15, -0.1) is 0 Å². The molecular weight excluding hydrogens is 596 g/mol. The van der Waals surface area contributed by atoms with Crippen molar-refractivity contribution in [3.8, 4) is 11.5 Å². The van der Waals surface area contributed by atoms with Crippen molar-refractivity contribution in [1.82, 2.24) is 4.57 Å². The van der Waals surface area contributed by atoms with Crippen LogP contribution in [-0.4, -0.2) is 41.9 Å². The minimum absolute atomic E-state index is 0.0637. The molecule has 1 fully saturated rings. The molecule has 0 N–H and O–H groups in total. The number of thiazole rings is 1. The molecule has 7 rings (SSSR count). The number of hydrogen-bond acceptors (Lipinski definition) is 10. The molecule has 3 aliphatic heterocycles. The largest absolute Gasteiger partial charge is 0.463 e. The third-order valence-electron chi connectivity index (χ3n) is 8.04. The Morgan fingerprint density at radius 1 is 1.09 bits per heavy atom. The Morgan fingerprint density at radius 2 is 1.87 bits per heavy atom. The molecule has 45 heavy (non-hydrogen) atoms. The number of aromatic nitrogens is 1. The van der Waals surface area contributed by atoms with Crippen LogP contribution in [0.5, 0.6) is 11.5 Å². The molecule has 3 aliphatic rings. The first-order valence-electron chi connectivity index (χ1n) is 14.6. The number of rotatable bonds is 7. The molecule has 1 saturated heterocycles. The van der Waals surface area contributed by atoms with Gasteiger partial charge in [-0.25, -0.2) is 9.79 Å². The smallest absolute Gasteiger partial charge is 0.338 e. The predicted molar refractivity (Wildman–Crippen MR) is 168 cm³/mol. The molecule has 0 amide bonds. The van der Waals surface area contributed by atoms with E-state index in [0.29, 0.717) is 43.2 Å². The number of benzene rings is 3. The second kappa shape index (κ2) is 11.7. The fourth-order valence-corrected chi connectivity index (χ4v) is 6.99. The van der Waals surface area contributed by atoms with Gasteiger partial charge in [0.05, 0.1) is 33.4 Å². The maximum absolute atomic E-state index is 14.4. The van der Waals surface area contributed by atoms with Gasteiger partial charge in [0.2, 0.25) is 6.79 Å². The zero-order chi connectivity index (χ0) is 31.1.